The molecule has 0 saturated carbocycles. The smallest absolute Gasteiger partial charge is 0.0318 e. The van der Waals surface area contributed by atoms with Crippen LogP contribution in [0.4, 0.5) is 0 Å². The predicted molar refractivity (Wildman–Crippen MR) is 79.3 cm³/mol. The van der Waals surface area contributed by atoms with E-state index in [2.05, 4.69) is 59.4 Å². The fraction of sp³-hybridized carbons (Fsp3) is 0.600. The summed E-state index contributed by atoms with van der Waals surface area (Å²) in [5.74, 6) is 0. The highest BCUT2D eigenvalue weighted by atomic mass is 79.9. The Hall–Kier alpha value is -0.340. The van der Waals surface area contributed by atoms with Crippen LogP contribution >= 0.6 is 15.9 Å². The van der Waals surface area contributed by atoms with Crippen LogP contribution in [0.2, 0.25) is 0 Å². The van der Waals surface area contributed by atoms with Gasteiger partial charge in [0, 0.05) is 10.5 Å². The van der Waals surface area contributed by atoms with Crippen molar-refractivity contribution < 1.29 is 0 Å². The van der Waals surface area contributed by atoms with Crippen molar-refractivity contribution in [2.24, 2.45) is 0 Å². The highest BCUT2D eigenvalue weighted by Gasteiger charge is 2.07. The van der Waals surface area contributed by atoms with Gasteiger partial charge in [0.1, 0.15) is 0 Å². The molecule has 1 atom stereocenters. The van der Waals surface area contributed by atoms with E-state index in [1.54, 1.807) is 0 Å². The summed E-state index contributed by atoms with van der Waals surface area (Å²) in [6, 6.07) is 9.11. The van der Waals surface area contributed by atoms with Crippen molar-refractivity contribution in [2.45, 2.75) is 52.0 Å². The minimum Gasteiger partial charge on any atom is -0.310 e. The first kappa shape index (κ1) is 14.7. The van der Waals surface area contributed by atoms with Crippen LogP contribution in [0.5, 0.6) is 0 Å². The van der Waals surface area contributed by atoms with Gasteiger partial charge in [-0.3, -0.25) is 0 Å². The minimum absolute atomic E-state index is 0.495. The molecular formula is C15H24BrN. The zero-order valence-corrected chi connectivity index (χ0v) is 12.6. The molecule has 17 heavy (non-hydrogen) atoms. The second-order valence-electron chi connectivity index (χ2n) is 4.53. The van der Waals surface area contributed by atoms with Gasteiger partial charge in [-0.15, -0.1) is 0 Å². The molecule has 1 aromatic carbocycles. The normalized spacial score (nSPS) is 12.6. The fourth-order valence-corrected chi connectivity index (χ4v) is 2.47. The molecule has 0 aliphatic carbocycles. The second-order valence-corrected chi connectivity index (χ2v) is 5.45. The predicted octanol–water partition coefficient (Wildman–Crippen LogP) is 5.07. The number of hydrogen-bond acceptors (Lipinski definition) is 1. The lowest BCUT2D eigenvalue weighted by atomic mass is 10.0. The highest BCUT2D eigenvalue weighted by Crippen LogP contribution is 2.20. The largest absolute Gasteiger partial charge is 0.310 e. The van der Waals surface area contributed by atoms with E-state index in [4.69, 9.17) is 0 Å². The van der Waals surface area contributed by atoms with Gasteiger partial charge in [0.15, 0.2) is 0 Å². The van der Waals surface area contributed by atoms with Crippen molar-refractivity contribution in [3.8, 4) is 0 Å². The molecule has 0 saturated heterocycles. The van der Waals surface area contributed by atoms with Crippen LogP contribution in [0.15, 0.2) is 28.7 Å². The van der Waals surface area contributed by atoms with E-state index in [1.807, 2.05) is 0 Å². The molecule has 0 bridgehead atoms. The van der Waals surface area contributed by atoms with Crippen molar-refractivity contribution in [2.75, 3.05) is 6.54 Å². The zero-order valence-electron chi connectivity index (χ0n) is 11.0. The average Bonchev–Trinajstić information content (AvgIpc) is 2.34. The number of hydrogen-bond donors (Lipinski definition) is 1. The van der Waals surface area contributed by atoms with E-state index in [0.29, 0.717) is 6.04 Å². The maximum absolute atomic E-state index is 3.65. The van der Waals surface area contributed by atoms with Gasteiger partial charge in [-0.05, 0) is 37.1 Å². The molecule has 1 rings (SSSR count). The minimum atomic E-state index is 0.495. The van der Waals surface area contributed by atoms with Crippen molar-refractivity contribution >= 4 is 15.9 Å². The molecule has 0 aromatic heterocycles. The lowest BCUT2D eigenvalue weighted by Gasteiger charge is -2.17. The Morgan fingerprint density at radius 3 is 2.65 bits per heavy atom. The summed E-state index contributed by atoms with van der Waals surface area (Å²) in [5.41, 5.74) is 1.39. The van der Waals surface area contributed by atoms with Crippen molar-refractivity contribution in [1.29, 1.82) is 0 Å². The molecule has 0 aliphatic heterocycles. The van der Waals surface area contributed by atoms with Gasteiger partial charge in [-0.2, -0.15) is 0 Å². The third-order valence-electron chi connectivity index (χ3n) is 3.08. The lowest BCUT2D eigenvalue weighted by Crippen LogP contribution is -2.21. The second kappa shape index (κ2) is 8.71. The first-order valence-corrected chi connectivity index (χ1v) is 7.56. The van der Waals surface area contributed by atoms with Gasteiger partial charge >= 0.3 is 0 Å². The Bertz CT molecular complexity index is 312. The van der Waals surface area contributed by atoms with E-state index in [9.17, 15) is 0 Å². The number of benzene rings is 1. The molecule has 0 radical (unpaired) electrons. The van der Waals surface area contributed by atoms with E-state index < -0.39 is 0 Å². The molecule has 1 aromatic rings. The first-order valence-electron chi connectivity index (χ1n) is 6.76. The SMILES string of the molecule is CCCCCCNC(CC)c1cccc(Br)c1. The van der Waals surface area contributed by atoms with Crippen LogP contribution in [0.25, 0.3) is 0 Å². The number of rotatable bonds is 8. The topological polar surface area (TPSA) is 12.0 Å². The van der Waals surface area contributed by atoms with Crippen LogP contribution in [-0.2, 0) is 0 Å². The number of unbranched alkanes of at least 4 members (excludes halogenated alkanes) is 3. The quantitative estimate of drug-likeness (QED) is 0.661. The summed E-state index contributed by atoms with van der Waals surface area (Å²) >= 11 is 3.53. The fourth-order valence-electron chi connectivity index (χ4n) is 2.05. The molecule has 0 fully saturated rings. The van der Waals surface area contributed by atoms with Gasteiger partial charge < -0.3 is 5.32 Å². The summed E-state index contributed by atoms with van der Waals surface area (Å²) in [4.78, 5) is 0. The summed E-state index contributed by atoms with van der Waals surface area (Å²) in [5, 5.41) is 3.65. The summed E-state index contributed by atoms with van der Waals surface area (Å²) < 4.78 is 1.17. The summed E-state index contributed by atoms with van der Waals surface area (Å²) in [6.07, 6.45) is 6.44. The van der Waals surface area contributed by atoms with Crippen LogP contribution < -0.4 is 5.32 Å². The first-order chi connectivity index (χ1) is 8.27. The third-order valence-corrected chi connectivity index (χ3v) is 3.57. The molecule has 1 nitrogen and oxygen atoms in total. The molecule has 0 amide bonds. The summed E-state index contributed by atoms with van der Waals surface area (Å²) in [6.45, 7) is 5.62. The average molecular weight is 298 g/mol. The van der Waals surface area contributed by atoms with Crippen LogP contribution in [-0.4, -0.2) is 6.54 Å². The van der Waals surface area contributed by atoms with Crippen molar-refractivity contribution in [1.82, 2.24) is 5.32 Å². The highest BCUT2D eigenvalue weighted by molar-refractivity contribution is 9.10. The maximum Gasteiger partial charge on any atom is 0.0318 e. The van der Waals surface area contributed by atoms with Crippen LogP contribution in [0.3, 0.4) is 0 Å². The maximum atomic E-state index is 3.65. The zero-order chi connectivity index (χ0) is 12.5. The Balaban J connectivity index is 2.38. The van der Waals surface area contributed by atoms with E-state index >= 15 is 0 Å². The van der Waals surface area contributed by atoms with Gasteiger partial charge in [0.25, 0.3) is 0 Å². The van der Waals surface area contributed by atoms with Crippen molar-refractivity contribution in [3.63, 3.8) is 0 Å². The molecule has 1 N–H and O–H groups in total. The lowest BCUT2D eigenvalue weighted by molar-refractivity contribution is 0.497. The Morgan fingerprint density at radius 2 is 2.00 bits per heavy atom. The molecule has 0 heterocycles. The van der Waals surface area contributed by atoms with E-state index in [0.717, 1.165) is 13.0 Å². The summed E-state index contributed by atoms with van der Waals surface area (Å²) in [7, 11) is 0. The van der Waals surface area contributed by atoms with E-state index in [1.165, 1.54) is 35.7 Å². The molecule has 0 spiro atoms. The number of halogens is 1. The van der Waals surface area contributed by atoms with Gasteiger partial charge in [0.2, 0.25) is 0 Å². The Kier molecular flexibility index (Phi) is 7.54. The molecule has 0 aliphatic rings. The molecule has 1 unspecified atom stereocenters. The Morgan fingerprint density at radius 1 is 1.18 bits per heavy atom. The van der Waals surface area contributed by atoms with Crippen molar-refractivity contribution in [3.05, 3.63) is 34.3 Å². The molecular weight excluding hydrogens is 274 g/mol. The van der Waals surface area contributed by atoms with E-state index in [-0.39, 0.29) is 0 Å². The number of nitrogens with one attached hydrogen (secondary N) is 1. The monoisotopic (exact) mass is 297 g/mol. The van der Waals surface area contributed by atoms with Gasteiger partial charge in [0.05, 0.1) is 0 Å². The third kappa shape index (κ3) is 5.69. The van der Waals surface area contributed by atoms with Crippen LogP contribution in [0.1, 0.15) is 57.6 Å². The van der Waals surface area contributed by atoms with Gasteiger partial charge in [-0.25, -0.2) is 0 Å². The standard InChI is InChI=1S/C15H24BrN/c1-3-5-6-7-11-17-15(4-2)13-9-8-10-14(16)12-13/h8-10,12,15,17H,3-7,11H2,1-2H3. The van der Waals surface area contributed by atoms with Crippen LogP contribution in [0, 0.1) is 0 Å². The Labute approximate surface area is 114 Å². The molecule has 96 valence electrons. The van der Waals surface area contributed by atoms with Gasteiger partial charge in [-0.1, -0.05) is 61.2 Å². The molecule has 2 heteroatoms.